The van der Waals surface area contributed by atoms with Crippen LogP contribution in [0.5, 0.6) is 11.5 Å². The van der Waals surface area contributed by atoms with Crippen LogP contribution in [0.15, 0.2) is 41.0 Å². The normalized spacial score (nSPS) is 20.5. The summed E-state index contributed by atoms with van der Waals surface area (Å²) in [7, 11) is 3.15. The summed E-state index contributed by atoms with van der Waals surface area (Å²) in [5.74, 6) is 1.43. The quantitative estimate of drug-likeness (QED) is 0.619. The molecule has 2 heterocycles. The molecule has 5 heteroatoms. The number of hydrogen-bond donors (Lipinski definition) is 0. The summed E-state index contributed by atoms with van der Waals surface area (Å²) in [6.45, 7) is 0. The van der Waals surface area contributed by atoms with Gasteiger partial charge in [-0.05, 0) is 29.8 Å². The predicted octanol–water partition coefficient (Wildman–Crippen LogP) is 2.62. The van der Waals surface area contributed by atoms with E-state index >= 15 is 0 Å². The number of methoxy groups -OCH3 is 2. The zero-order chi connectivity index (χ0) is 14.1. The van der Waals surface area contributed by atoms with Crippen LogP contribution in [0.1, 0.15) is 22.2 Å². The molecule has 104 valence electrons. The molecule has 0 radical (unpaired) electrons. The Morgan fingerprint density at radius 2 is 1.95 bits per heavy atom. The maximum atomic E-state index is 12.1. The zero-order valence-electron chi connectivity index (χ0n) is 11.2. The first kappa shape index (κ1) is 12.7. The molecule has 1 aliphatic heterocycles. The third kappa shape index (κ3) is 2.16. The van der Waals surface area contributed by atoms with E-state index in [2.05, 4.69) is 0 Å². The number of ketones is 1. The molecule has 0 N–H and O–H groups in total. The first-order chi connectivity index (χ1) is 9.74. The fraction of sp³-hybridized carbons (Fsp3) is 0.267. The Balaban J connectivity index is 1.78. The Labute approximate surface area is 116 Å². The second kappa shape index (κ2) is 5.02. The van der Waals surface area contributed by atoms with E-state index in [1.807, 2.05) is 12.1 Å². The first-order valence-corrected chi connectivity index (χ1v) is 6.19. The van der Waals surface area contributed by atoms with E-state index in [4.69, 9.17) is 18.6 Å². The summed E-state index contributed by atoms with van der Waals surface area (Å²) >= 11 is 0. The number of rotatable bonds is 5. The van der Waals surface area contributed by atoms with E-state index in [1.165, 1.54) is 6.26 Å². The number of carbonyl (C=O) groups is 1. The lowest BCUT2D eigenvalue weighted by Gasteiger charge is -2.08. The van der Waals surface area contributed by atoms with Gasteiger partial charge in [-0.3, -0.25) is 4.79 Å². The van der Waals surface area contributed by atoms with E-state index in [0.29, 0.717) is 17.3 Å². The van der Waals surface area contributed by atoms with Crippen LogP contribution in [-0.4, -0.2) is 26.1 Å². The zero-order valence-corrected chi connectivity index (χ0v) is 11.2. The van der Waals surface area contributed by atoms with Crippen molar-refractivity contribution in [2.45, 2.75) is 12.2 Å². The summed E-state index contributed by atoms with van der Waals surface area (Å²) < 4.78 is 21.0. The van der Waals surface area contributed by atoms with Crippen molar-refractivity contribution in [3.05, 3.63) is 47.9 Å². The van der Waals surface area contributed by atoms with Crippen molar-refractivity contribution in [3.8, 4) is 11.5 Å². The number of carbonyl (C=O) groups excluding carboxylic acids is 1. The van der Waals surface area contributed by atoms with Gasteiger partial charge in [0.1, 0.15) is 6.10 Å². The Morgan fingerprint density at radius 3 is 2.60 bits per heavy atom. The van der Waals surface area contributed by atoms with Crippen LogP contribution in [0.3, 0.4) is 0 Å². The first-order valence-electron chi connectivity index (χ1n) is 6.19. The number of hydrogen-bond acceptors (Lipinski definition) is 5. The number of epoxide rings is 1. The standard InChI is InChI=1S/C15H14O5/c1-17-10-6-5-9(8-12(10)18-2)14-15(20-14)13(16)11-4-3-7-19-11/h3-8,14-15H,1-2H3. The minimum atomic E-state index is -0.487. The third-order valence-corrected chi connectivity index (χ3v) is 3.25. The van der Waals surface area contributed by atoms with Crippen molar-refractivity contribution in [3.63, 3.8) is 0 Å². The van der Waals surface area contributed by atoms with Crippen molar-refractivity contribution in [2.75, 3.05) is 14.2 Å². The van der Waals surface area contributed by atoms with Gasteiger partial charge in [0.15, 0.2) is 23.4 Å². The highest BCUT2D eigenvalue weighted by Crippen LogP contribution is 2.43. The van der Waals surface area contributed by atoms with Crippen LogP contribution < -0.4 is 9.47 Å². The molecule has 0 amide bonds. The lowest BCUT2D eigenvalue weighted by Crippen LogP contribution is -2.06. The molecule has 1 aliphatic rings. The topological polar surface area (TPSA) is 61.2 Å². The van der Waals surface area contributed by atoms with Gasteiger partial charge in [0.25, 0.3) is 0 Å². The summed E-state index contributed by atoms with van der Waals surface area (Å²) in [5, 5.41) is 0. The van der Waals surface area contributed by atoms with Gasteiger partial charge in [0.2, 0.25) is 5.78 Å². The molecule has 0 spiro atoms. The highest BCUT2D eigenvalue weighted by atomic mass is 16.6. The van der Waals surface area contributed by atoms with Gasteiger partial charge in [0, 0.05) is 0 Å². The summed E-state index contributed by atoms with van der Waals surface area (Å²) in [6.07, 6.45) is 0.729. The number of ether oxygens (including phenoxy) is 3. The maximum Gasteiger partial charge on any atom is 0.229 e. The molecule has 2 atom stereocenters. The van der Waals surface area contributed by atoms with Gasteiger partial charge in [-0.1, -0.05) is 6.07 Å². The molecule has 1 fully saturated rings. The lowest BCUT2D eigenvalue weighted by molar-refractivity contribution is 0.0926. The molecule has 0 aliphatic carbocycles. The van der Waals surface area contributed by atoms with Crippen LogP contribution in [0.25, 0.3) is 0 Å². The monoisotopic (exact) mass is 274 g/mol. The van der Waals surface area contributed by atoms with Crippen molar-refractivity contribution in [1.82, 2.24) is 0 Å². The van der Waals surface area contributed by atoms with Crippen molar-refractivity contribution < 1.29 is 23.4 Å². The highest BCUT2D eigenvalue weighted by Gasteiger charge is 2.47. The number of Topliss-reactive ketones (excluding diaryl/α,β-unsaturated/α-hetero) is 1. The minimum Gasteiger partial charge on any atom is -0.493 e. The molecule has 0 saturated carbocycles. The second-order valence-corrected chi connectivity index (χ2v) is 4.43. The molecule has 2 unspecified atom stereocenters. The van der Waals surface area contributed by atoms with E-state index < -0.39 is 6.10 Å². The summed E-state index contributed by atoms with van der Waals surface area (Å²) in [5.41, 5.74) is 0.882. The minimum absolute atomic E-state index is 0.144. The maximum absolute atomic E-state index is 12.1. The lowest BCUT2D eigenvalue weighted by atomic mass is 10.1. The summed E-state index contributed by atoms with van der Waals surface area (Å²) in [4.78, 5) is 12.1. The smallest absolute Gasteiger partial charge is 0.229 e. The van der Waals surface area contributed by atoms with Crippen LogP contribution in [-0.2, 0) is 4.74 Å². The predicted molar refractivity (Wildman–Crippen MR) is 70.2 cm³/mol. The van der Waals surface area contributed by atoms with E-state index in [9.17, 15) is 4.79 Å². The van der Waals surface area contributed by atoms with Crippen molar-refractivity contribution in [1.29, 1.82) is 0 Å². The molecule has 1 aromatic carbocycles. The van der Waals surface area contributed by atoms with Crippen LogP contribution >= 0.6 is 0 Å². The largest absolute Gasteiger partial charge is 0.493 e. The van der Waals surface area contributed by atoms with Gasteiger partial charge < -0.3 is 18.6 Å². The molecule has 1 saturated heterocycles. The van der Waals surface area contributed by atoms with E-state index in [-0.39, 0.29) is 11.9 Å². The molecule has 0 bridgehead atoms. The van der Waals surface area contributed by atoms with E-state index in [0.717, 1.165) is 5.56 Å². The van der Waals surface area contributed by atoms with Crippen LogP contribution in [0.2, 0.25) is 0 Å². The molecular formula is C15H14O5. The molecule has 2 aromatic rings. The SMILES string of the molecule is COc1ccc(C2OC2C(=O)c2ccco2)cc1OC. The fourth-order valence-electron chi connectivity index (χ4n) is 2.15. The van der Waals surface area contributed by atoms with Gasteiger partial charge in [-0.15, -0.1) is 0 Å². The van der Waals surface area contributed by atoms with E-state index in [1.54, 1.807) is 32.4 Å². The molecule has 1 aromatic heterocycles. The average molecular weight is 274 g/mol. The Bertz CT molecular complexity index is 617. The van der Waals surface area contributed by atoms with Crippen LogP contribution in [0, 0.1) is 0 Å². The van der Waals surface area contributed by atoms with Gasteiger partial charge in [0.05, 0.1) is 20.5 Å². The van der Waals surface area contributed by atoms with Gasteiger partial charge >= 0.3 is 0 Å². The second-order valence-electron chi connectivity index (χ2n) is 4.43. The molecule has 20 heavy (non-hydrogen) atoms. The fourth-order valence-corrected chi connectivity index (χ4v) is 2.15. The number of furan rings is 1. The summed E-state index contributed by atoms with van der Waals surface area (Å²) in [6, 6.07) is 8.79. The van der Waals surface area contributed by atoms with Crippen LogP contribution in [0.4, 0.5) is 0 Å². The van der Waals surface area contributed by atoms with Crippen molar-refractivity contribution >= 4 is 5.78 Å². The Hall–Kier alpha value is -2.27. The third-order valence-electron chi connectivity index (χ3n) is 3.25. The van der Waals surface area contributed by atoms with Gasteiger partial charge in [-0.2, -0.15) is 0 Å². The molecule has 5 nitrogen and oxygen atoms in total. The molecular weight excluding hydrogens is 260 g/mol. The Kier molecular flexibility index (Phi) is 3.20. The van der Waals surface area contributed by atoms with Crippen molar-refractivity contribution in [2.24, 2.45) is 0 Å². The Morgan fingerprint density at radius 1 is 1.15 bits per heavy atom. The number of benzene rings is 1. The average Bonchev–Trinajstić information content (AvgIpc) is 3.10. The molecule has 3 rings (SSSR count). The van der Waals surface area contributed by atoms with Gasteiger partial charge in [-0.25, -0.2) is 0 Å². The highest BCUT2D eigenvalue weighted by molar-refractivity contribution is 5.99.